The number of ether oxygens (including phenoxy) is 1. The summed E-state index contributed by atoms with van der Waals surface area (Å²) in [5, 5.41) is 5.14. The van der Waals surface area contributed by atoms with Gasteiger partial charge in [0.1, 0.15) is 11.5 Å². The van der Waals surface area contributed by atoms with Crippen molar-refractivity contribution in [2.75, 3.05) is 12.4 Å². The Morgan fingerprint density at radius 3 is 2.26 bits per heavy atom. The molecular formula is C29H29N3O4S2. The van der Waals surface area contributed by atoms with E-state index in [9.17, 15) is 13.2 Å². The number of carbonyl (C=O) groups excluding carboxylic acids is 1. The Kier molecular flexibility index (Phi) is 7.87. The molecule has 3 aromatic carbocycles. The number of hydrogen-bond donors (Lipinski definition) is 1. The van der Waals surface area contributed by atoms with Crippen LogP contribution in [0, 0.1) is 0 Å². The first-order valence-corrected chi connectivity index (χ1v) is 14.9. The van der Waals surface area contributed by atoms with Gasteiger partial charge in [-0.15, -0.1) is 11.3 Å². The van der Waals surface area contributed by atoms with Crippen molar-refractivity contribution in [1.82, 2.24) is 9.29 Å². The molecule has 0 saturated heterocycles. The number of rotatable bonds is 8. The summed E-state index contributed by atoms with van der Waals surface area (Å²) in [5.41, 5.74) is 2.01. The second kappa shape index (κ2) is 11.5. The Morgan fingerprint density at radius 1 is 0.921 bits per heavy atom. The van der Waals surface area contributed by atoms with E-state index in [4.69, 9.17) is 4.74 Å². The van der Waals surface area contributed by atoms with Gasteiger partial charge in [-0.1, -0.05) is 37.5 Å². The number of carbonyl (C=O) groups is 1. The van der Waals surface area contributed by atoms with Gasteiger partial charge in [0.15, 0.2) is 5.13 Å². The van der Waals surface area contributed by atoms with Crippen LogP contribution in [0.25, 0.3) is 11.3 Å². The number of thiazole rings is 1. The van der Waals surface area contributed by atoms with Gasteiger partial charge < -0.3 is 4.74 Å². The van der Waals surface area contributed by atoms with Gasteiger partial charge in [0.05, 0.1) is 10.6 Å². The van der Waals surface area contributed by atoms with Crippen LogP contribution in [-0.4, -0.2) is 36.7 Å². The van der Waals surface area contributed by atoms with Crippen LogP contribution in [-0.2, 0) is 10.0 Å². The number of hydrogen-bond acceptors (Lipinski definition) is 6. The summed E-state index contributed by atoms with van der Waals surface area (Å²) in [7, 11) is -1.96. The highest BCUT2D eigenvalue weighted by Crippen LogP contribution is 2.29. The van der Waals surface area contributed by atoms with Gasteiger partial charge >= 0.3 is 0 Å². The fourth-order valence-electron chi connectivity index (χ4n) is 4.54. The van der Waals surface area contributed by atoms with E-state index in [1.54, 1.807) is 7.05 Å². The zero-order valence-corrected chi connectivity index (χ0v) is 22.7. The van der Waals surface area contributed by atoms with Crippen LogP contribution in [0.5, 0.6) is 11.5 Å². The molecule has 0 spiro atoms. The van der Waals surface area contributed by atoms with E-state index >= 15 is 0 Å². The molecule has 0 atom stereocenters. The average molecular weight is 548 g/mol. The van der Waals surface area contributed by atoms with Crippen molar-refractivity contribution in [3.05, 3.63) is 89.8 Å². The van der Waals surface area contributed by atoms with Crippen LogP contribution in [0.1, 0.15) is 42.5 Å². The Hall–Kier alpha value is -3.53. The lowest BCUT2D eigenvalue weighted by atomic mass is 9.96. The highest BCUT2D eigenvalue weighted by Gasteiger charge is 2.29. The maximum absolute atomic E-state index is 13.1. The zero-order valence-electron chi connectivity index (χ0n) is 21.0. The zero-order chi connectivity index (χ0) is 26.5. The van der Waals surface area contributed by atoms with Crippen molar-refractivity contribution in [3.8, 4) is 22.8 Å². The first-order chi connectivity index (χ1) is 18.4. The third-order valence-corrected chi connectivity index (χ3v) is 9.42. The van der Waals surface area contributed by atoms with E-state index in [1.807, 2.05) is 60.0 Å². The van der Waals surface area contributed by atoms with Crippen LogP contribution in [0.15, 0.2) is 89.1 Å². The standard InChI is InChI=1S/C29H29N3O4S2/c1-32(23-8-4-2-5-9-23)38(34,35)26-18-14-22(15-19-26)28(33)31-29-30-27(20-37-29)21-12-16-25(17-13-21)36-24-10-6-3-7-11-24/h3,6-7,10-20,23H,2,4-5,8-9H2,1H3,(H,30,31,33). The molecule has 38 heavy (non-hydrogen) atoms. The monoisotopic (exact) mass is 547 g/mol. The van der Waals surface area contributed by atoms with E-state index in [0.29, 0.717) is 10.7 Å². The Balaban J connectivity index is 1.21. The molecule has 0 aliphatic heterocycles. The molecule has 1 amide bonds. The molecule has 1 heterocycles. The molecule has 1 fully saturated rings. The quantitative estimate of drug-likeness (QED) is 0.262. The summed E-state index contributed by atoms with van der Waals surface area (Å²) in [6.45, 7) is 0. The van der Waals surface area contributed by atoms with Crippen molar-refractivity contribution < 1.29 is 17.9 Å². The Bertz CT molecular complexity index is 1480. The minimum Gasteiger partial charge on any atom is -0.457 e. The van der Waals surface area contributed by atoms with Gasteiger partial charge in [-0.25, -0.2) is 13.4 Å². The molecule has 9 heteroatoms. The molecule has 1 aliphatic rings. The molecule has 1 aliphatic carbocycles. The molecule has 196 valence electrons. The van der Waals surface area contributed by atoms with Crippen LogP contribution in [0.2, 0.25) is 0 Å². The maximum atomic E-state index is 13.1. The van der Waals surface area contributed by atoms with Crippen molar-refractivity contribution in [2.24, 2.45) is 0 Å². The second-order valence-corrected chi connectivity index (χ2v) is 12.1. The van der Waals surface area contributed by atoms with Gasteiger partial charge in [-0.3, -0.25) is 10.1 Å². The van der Waals surface area contributed by atoms with E-state index < -0.39 is 10.0 Å². The lowest BCUT2D eigenvalue weighted by molar-refractivity contribution is 0.102. The summed E-state index contributed by atoms with van der Waals surface area (Å²) in [6, 6.07) is 23.3. The number of anilines is 1. The van der Waals surface area contributed by atoms with Crippen LogP contribution >= 0.6 is 11.3 Å². The van der Waals surface area contributed by atoms with Gasteiger partial charge in [0, 0.05) is 29.6 Å². The van der Waals surface area contributed by atoms with Gasteiger partial charge in [0.2, 0.25) is 10.0 Å². The third-order valence-electron chi connectivity index (χ3n) is 6.74. The topological polar surface area (TPSA) is 88.6 Å². The molecule has 1 N–H and O–H groups in total. The lowest BCUT2D eigenvalue weighted by Gasteiger charge is -2.30. The smallest absolute Gasteiger partial charge is 0.257 e. The van der Waals surface area contributed by atoms with Crippen molar-refractivity contribution >= 4 is 32.4 Å². The van der Waals surface area contributed by atoms with Crippen molar-refractivity contribution in [1.29, 1.82) is 0 Å². The molecule has 5 rings (SSSR count). The first kappa shape index (κ1) is 26.1. The molecule has 1 aromatic heterocycles. The number of aromatic nitrogens is 1. The predicted molar refractivity (Wildman–Crippen MR) is 150 cm³/mol. The summed E-state index contributed by atoms with van der Waals surface area (Å²) in [5.74, 6) is 1.14. The van der Waals surface area contributed by atoms with Crippen LogP contribution < -0.4 is 10.1 Å². The Morgan fingerprint density at radius 2 is 1.58 bits per heavy atom. The van der Waals surface area contributed by atoms with E-state index in [2.05, 4.69) is 10.3 Å². The number of benzene rings is 3. The molecular weight excluding hydrogens is 518 g/mol. The van der Waals surface area contributed by atoms with Gasteiger partial charge in [0.25, 0.3) is 5.91 Å². The fourth-order valence-corrected chi connectivity index (χ4v) is 6.67. The SMILES string of the molecule is CN(C1CCCCC1)S(=O)(=O)c1ccc(C(=O)Nc2nc(-c3ccc(Oc4ccccc4)cc3)cs2)cc1. The van der Waals surface area contributed by atoms with E-state index in [-0.39, 0.29) is 16.8 Å². The molecule has 0 bridgehead atoms. The number of nitrogens with zero attached hydrogens (tertiary/aromatic N) is 2. The summed E-state index contributed by atoms with van der Waals surface area (Å²) >= 11 is 1.32. The number of nitrogens with one attached hydrogen (secondary N) is 1. The number of para-hydroxylation sites is 1. The largest absolute Gasteiger partial charge is 0.457 e. The maximum Gasteiger partial charge on any atom is 0.257 e. The minimum absolute atomic E-state index is 0.0309. The fraction of sp³-hybridized carbons (Fsp3) is 0.241. The highest BCUT2D eigenvalue weighted by atomic mass is 32.2. The molecule has 7 nitrogen and oxygen atoms in total. The van der Waals surface area contributed by atoms with E-state index in [0.717, 1.165) is 54.9 Å². The summed E-state index contributed by atoms with van der Waals surface area (Å²) in [6.07, 6.45) is 5.03. The summed E-state index contributed by atoms with van der Waals surface area (Å²) < 4.78 is 33.4. The summed E-state index contributed by atoms with van der Waals surface area (Å²) in [4.78, 5) is 17.5. The number of amides is 1. The van der Waals surface area contributed by atoms with E-state index in [1.165, 1.54) is 39.9 Å². The van der Waals surface area contributed by atoms with Gasteiger partial charge in [-0.2, -0.15) is 4.31 Å². The molecule has 4 aromatic rings. The highest BCUT2D eigenvalue weighted by molar-refractivity contribution is 7.89. The second-order valence-electron chi connectivity index (χ2n) is 9.27. The molecule has 0 radical (unpaired) electrons. The Labute approximate surface area is 227 Å². The minimum atomic E-state index is -3.61. The first-order valence-electron chi connectivity index (χ1n) is 12.6. The predicted octanol–water partition coefficient (Wildman–Crippen LogP) is 6.81. The number of sulfonamides is 1. The average Bonchev–Trinajstić information content (AvgIpc) is 3.42. The van der Waals surface area contributed by atoms with Crippen LogP contribution in [0.3, 0.4) is 0 Å². The van der Waals surface area contributed by atoms with Crippen LogP contribution in [0.4, 0.5) is 5.13 Å². The van der Waals surface area contributed by atoms with Crippen molar-refractivity contribution in [3.63, 3.8) is 0 Å². The normalized spacial score (nSPS) is 14.4. The molecule has 0 unspecified atom stereocenters. The molecule has 1 saturated carbocycles. The third kappa shape index (κ3) is 5.96. The van der Waals surface area contributed by atoms with Gasteiger partial charge in [-0.05, 0) is 73.5 Å². The van der Waals surface area contributed by atoms with Crippen molar-refractivity contribution in [2.45, 2.75) is 43.0 Å². The lowest BCUT2D eigenvalue weighted by Crippen LogP contribution is -2.38.